The van der Waals surface area contributed by atoms with Gasteiger partial charge in [0, 0.05) is 12.3 Å². The van der Waals surface area contributed by atoms with E-state index in [2.05, 4.69) is 0 Å². The van der Waals surface area contributed by atoms with E-state index in [0.29, 0.717) is 16.1 Å². The van der Waals surface area contributed by atoms with Crippen LogP contribution in [0.3, 0.4) is 0 Å². The largest absolute Gasteiger partial charge is 0.268 e. The summed E-state index contributed by atoms with van der Waals surface area (Å²) in [7, 11) is -4.79. The summed E-state index contributed by atoms with van der Waals surface area (Å²) in [5.41, 5.74) is 0.986. The molecule has 3 rings (SSSR count). The van der Waals surface area contributed by atoms with Gasteiger partial charge >= 0.3 is 0 Å². The summed E-state index contributed by atoms with van der Waals surface area (Å²) >= 11 is 0. The number of rotatable bonds is 3. The number of fused-ring (bicyclic) bond motifs is 1. The van der Waals surface area contributed by atoms with Gasteiger partial charge in [0.25, 0.3) is 0 Å². The maximum Gasteiger partial charge on any atom is 0.239 e. The number of sulfonamides is 1. The lowest BCUT2D eigenvalue weighted by atomic mass is 10.2. The molecule has 0 aromatic heterocycles. The SMILES string of the molecule is O=S1CCN(S(=O)(=O)Cc2ccc(F)cc2)c2ccccc21. The van der Waals surface area contributed by atoms with Crippen molar-refractivity contribution >= 4 is 26.5 Å². The zero-order chi connectivity index (χ0) is 15.7. The summed E-state index contributed by atoms with van der Waals surface area (Å²) in [6, 6.07) is 12.2. The molecule has 1 aliphatic heterocycles. The Labute approximate surface area is 131 Å². The van der Waals surface area contributed by atoms with Crippen LogP contribution in [0.25, 0.3) is 0 Å². The van der Waals surface area contributed by atoms with Gasteiger partial charge in [0.2, 0.25) is 10.0 Å². The Kier molecular flexibility index (Phi) is 4.01. The third-order valence-electron chi connectivity index (χ3n) is 3.46. The second-order valence-electron chi connectivity index (χ2n) is 4.97. The van der Waals surface area contributed by atoms with Crippen LogP contribution >= 0.6 is 0 Å². The van der Waals surface area contributed by atoms with Crippen LogP contribution in [-0.4, -0.2) is 24.9 Å². The fourth-order valence-corrected chi connectivity index (χ4v) is 5.39. The van der Waals surface area contributed by atoms with Crippen LogP contribution in [0.1, 0.15) is 5.56 Å². The van der Waals surface area contributed by atoms with Crippen molar-refractivity contribution in [2.45, 2.75) is 10.6 Å². The molecule has 22 heavy (non-hydrogen) atoms. The molecule has 4 nitrogen and oxygen atoms in total. The fraction of sp³-hybridized carbons (Fsp3) is 0.200. The maximum atomic E-state index is 12.9. The Morgan fingerprint density at radius 2 is 1.77 bits per heavy atom. The minimum absolute atomic E-state index is 0.188. The minimum Gasteiger partial charge on any atom is -0.268 e. The van der Waals surface area contributed by atoms with Gasteiger partial charge in [-0.3, -0.25) is 8.51 Å². The quantitative estimate of drug-likeness (QED) is 0.862. The predicted octanol–water partition coefficient (Wildman–Crippen LogP) is 2.28. The van der Waals surface area contributed by atoms with Gasteiger partial charge in [-0.25, -0.2) is 12.8 Å². The van der Waals surface area contributed by atoms with Crippen molar-refractivity contribution in [3.05, 3.63) is 59.9 Å². The molecule has 0 spiro atoms. The summed E-state index contributed by atoms with van der Waals surface area (Å²) in [5.74, 6) is -0.340. The lowest BCUT2D eigenvalue weighted by molar-refractivity contribution is 0.589. The predicted molar refractivity (Wildman–Crippen MR) is 84.1 cm³/mol. The molecule has 0 radical (unpaired) electrons. The van der Waals surface area contributed by atoms with E-state index >= 15 is 0 Å². The molecule has 0 bridgehead atoms. The molecule has 7 heteroatoms. The summed E-state index contributed by atoms with van der Waals surface area (Å²) in [4.78, 5) is 0.538. The lowest BCUT2D eigenvalue weighted by Gasteiger charge is -2.29. The number of nitrogens with zero attached hydrogens (tertiary/aromatic N) is 1. The summed E-state index contributed by atoms with van der Waals surface area (Å²) in [6.45, 7) is 0.188. The highest BCUT2D eigenvalue weighted by Gasteiger charge is 2.30. The first-order valence-corrected chi connectivity index (χ1v) is 9.62. The van der Waals surface area contributed by atoms with Crippen LogP contribution in [0.2, 0.25) is 0 Å². The molecule has 0 saturated heterocycles. The van der Waals surface area contributed by atoms with E-state index in [1.54, 1.807) is 24.3 Å². The zero-order valence-corrected chi connectivity index (χ0v) is 13.2. The summed E-state index contributed by atoms with van der Waals surface area (Å²) in [6.07, 6.45) is 0. The molecule has 1 heterocycles. The lowest BCUT2D eigenvalue weighted by Crippen LogP contribution is -2.38. The molecule has 0 fully saturated rings. The van der Waals surface area contributed by atoms with Crippen molar-refractivity contribution in [1.29, 1.82) is 0 Å². The van der Waals surface area contributed by atoms with Gasteiger partial charge in [-0.1, -0.05) is 24.3 Å². The van der Waals surface area contributed by atoms with Gasteiger partial charge in [0.1, 0.15) is 5.82 Å². The molecule has 0 saturated carbocycles. The fourth-order valence-electron chi connectivity index (χ4n) is 2.41. The maximum absolute atomic E-state index is 12.9. The number of para-hydroxylation sites is 1. The Balaban J connectivity index is 1.94. The molecule has 2 aromatic carbocycles. The number of anilines is 1. The average Bonchev–Trinajstić information content (AvgIpc) is 2.50. The molecule has 1 aliphatic rings. The Bertz CT molecular complexity index is 819. The van der Waals surface area contributed by atoms with Gasteiger partial charge in [-0.15, -0.1) is 0 Å². The third kappa shape index (κ3) is 2.91. The Morgan fingerprint density at radius 1 is 1.09 bits per heavy atom. The van der Waals surface area contributed by atoms with E-state index in [1.165, 1.54) is 28.6 Å². The second-order valence-corrected chi connectivity index (χ2v) is 8.40. The number of hydrogen-bond acceptors (Lipinski definition) is 3. The molecular weight excluding hydrogens is 325 g/mol. The molecular formula is C15H14FNO3S2. The van der Waals surface area contributed by atoms with Gasteiger partial charge < -0.3 is 0 Å². The molecule has 116 valence electrons. The number of benzene rings is 2. The first-order chi connectivity index (χ1) is 10.5. The standard InChI is InChI=1S/C15H14FNO3S2/c16-13-7-5-12(6-8-13)11-22(19,20)17-9-10-21(18)15-4-2-1-3-14(15)17/h1-8H,9-11H2. The van der Waals surface area contributed by atoms with Crippen LogP contribution in [0.4, 0.5) is 10.1 Å². The highest BCUT2D eigenvalue weighted by Crippen LogP contribution is 2.31. The smallest absolute Gasteiger partial charge is 0.239 e. The van der Waals surface area contributed by atoms with E-state index in [4.69, 9.17) is 0 Å². The van der Waals surface area contributed by atoms with Crippen LogP contribution in [0, 0.1) is 5.82 Å². The summed E-state index contributed by atoms with van der Waals surface area (Å²) in [5, 5.41) is 0. The molecule has 1 unspecified atom stereocenters. The third-order valence-corrected chi connectivity index (χ3v) is 6.60. The Hall–Kier alpha value is -1.73. The van der Waals surface area contributed by atoms with E-state index in [0.717, 1.165) is 0 Å². The van der Waals surface area contributed by atoms with Crippen molar-refractivity contribution < 1.29 is 17.0 Å². The Morgan fingerprint density at radius 3 is 2.50 bits per heavy atom. The average molecular weight is 339 g/mol. The summed E-state index contributed by atoms with van der Waals surface area (Å²) < 4.78 is 51.5. The first-order valence-electron chi connectivity index (χ1n) is 6.70. The van der Waals surface area contributed by atoms with Crippen molar-refractivity contribution in [2.75, 3.05) is 16.6 Å². The van der Waals surface area contributed by atoms with Crippen LogP contribution in [0.15, 0.2) is 53.4 Å². The van der Waals surface area contributed by atoms with Crippen LogP contribution in [0.5, 0.6) is 0 Å². The van der Waals surface area contributed by atoms with Gasteiger partial charge in [-0.2, -0.15) is 0 Å². The normalized spacial score (nSPS) is 18.0. The second kappa shape index (κ2) is 5.81. The van der Waals surface area contributed by atoms with Gasteiger partial charge in [-0.05, 0) is 29.8 Å². The monoisotopic (exact) mass is 339 g/mol. The highest BCUT2D eigenvalue weighted by atomic mass is 32.2. The number of halogens is 1. The van der Waals surface area contributed by atoms with E-state index < -0.39 is 26.6 Å². The first kappa shape index (κ1) is 15.2. The topological polar surface area (TPSA) is 54.5 Å². The van der Waals surface area contributed by atoms with Gasteiger partial charge in [0.05, 0.1) is 27.1 Å². The zero-order valence-electron chi connectivity index (χ0n) is 11.6. The molecule has 0 N–H and O–H groups in total. The molecule has 0 aliphatic carbocycles. The minimum atomic E-state index is -3.61. The van der Waals surface area contributed by atoms with Crippen LogP contribution in [-0.2, 0) is 26.6 Å². The molecule has 0 amide bonds. The molecule has 2 aromatic rings. The van der Waals surface area contributed by atoms with Gasteiger partial charge in [0.15, 0.2) is 0 Å². The van der Waals surface area contributed by atoms with E-state index in [-0.39, 0.29) is 18.1 Å². The van der Waals surface area contributed by atoms with Crippen LogP contribution < -0.4 is 4.31 Å². The van der Waals surface area contributed by atoms with Crippen molar-refractivity contribution in [3.8, 4) is 0 Å². The highest BCUT2D eigenvalue weighted by molar-refractivity contribution is 7.92. The van der Waals surface area contributed by atoms with Crippen molar-refractivity contribution in [3.63, 3.8) is 0 Å². The van der Waals surface area contributed by atoms with E-state index in [9.17, 15) is 17.0 Å². The molecule has 1 atom stereocenters. The van der Waals surface area contributed by atoms with Crippen molar-refractivity contribution in [1.82, 2.24) is 0 Å². The van der Waals surface area contributed by atoms with E-state index in [1.807, 2.05) is 0 Å². The van der Waals surface area contributed by atoms with Crippen molar-refractivity contribution in [2.24, 2.45) is 0 Å². The number of hydrogen-bond donors (Lipinski definition) is 0.